The molecule has 7 heteroatoms. The van der Waals surface area contributed by atoms with E-state index in [2.05, 4.69) is 5.32 Å². The molecule has 3 rings (SSSR count). The molecule has 1 atom stereocenters. The number of anilines is 1. The van der Waals surface area contributed by atoms with Gasteiger partial charge in [-0.25, -0.2) is 4.79 Å². The smallest absolute Gasteiger partial charge is 0.410 e. The first-order valence-electron chi connectivity index (χ1n) is 7.80. The molecule has 1 unspecified atom stereocenters. The van der Waals surface area contributed by atoms with Crippen LogP contribution in [0.25, 0.3) is 0 Å². The van der Waals surface area contributed by atoms with Gasteiger partial charge in [0.1, 0.15) is 12.4 Å². The number of ether oxygens (including phenoxy) is 2. The van der Waals surface area contributed by atoms with E-state index >= 15 is 0 Å². The lowest BCUT2D eigenvalue weighted by Crippen LogP contribution is -2.51. The highest BCUT2D eigenvalue weighted by Crippen LogP contribution is 2.22. The van der Waals surface area contributed by atoms with Crippen molar-refractivity contribution in [3.05, 3.63) is 59.6 Å². The molecule has 0 aromatic heterocycles. The van der Waals surface area contributed by atoms with E-state index in [1.54, 1.807) is 47.4 Å². The number of hydrogen-bond acceptors (Lipinski definition) is 4. The van der Waals surface area contributed by atoms with Gasteiger partial charge in [-0.2, -0.15) is 0 Å². The van der Waals surface area contributed by atoms with E-state index in [1.165, 1.54) is 0 Å². The largest absolute Gasteiger partial charge is 0.412 e. The summed E-state index contributed by atoms with van der Waals surface area (Å²) in [6, 6.07) is 15.8. The molecule has 0 saturated carbocycles. The Kier molecular flexibility index (Phi) is 5.53. The number of halogens is 1. The summed E-state index contributed by atoms with van der Waals surface area (Å²) in [7, 11) is 0. The fourth-order valence-corrected chi connectivity index (χ4v) is 2.66. The van der Waals surface area contributed by atoms with Gasteiger partial charge in [-0.15, -0.1) is 0 Å². The lowest BCUT2D eigenvalue weighted by molar-refractivity contribution is -0.129. The normalized spacial score (nSPS) is 17.2. The molecule has 25 heavy (non-hydrogen) atoms. The fraction of sp³-hybridized carbons (Fsp3) is 0.222. The van der Waals surface area contributed by atoms with E-state index in [9.17, 15) is 9.59 Å². The summed E-state index contributed by atoms with van der Waals surface area (Å²) in [6.45, 7) is 0.507. The zero-order valence-electron chi connectivity index (χ0n) is 13.4. The molecule has 1 aliphatic heterocycles. The number of nitrogens with one attached hydrogen (secondary N) is 1. The summed E-state index contributed by atoms with van der Waals surface area (Å²) in [4.78, 5) is 25.5. The average molecular weight is 361 g/mol. The first-order valence-corrected chi connectivity index (χ1v) is 8.18. The molecule has 2 aromatic rings. The van der Waals surface area contributed by atoms with Gasteiger partial charge < -0.3 is 19.7 Å². The van der Waals surface area contributed by atoms with Crippen molar-refractivity contribution in [2.24, 2.45) is 0 Å². The lowest BCUT2D eigenvalue weighted by Gasteiger charge is -2.32. The maximum Gasteiger partial charge on any atom is 0.412 e. The molecule has 0 radical (unpaired) electrons. The van der Waals surface area contributed by atoms with Gasteiger partial charge >= 0.3 is 6.09 Å². The van der Waals surface area contributed by atoms with Crippen LogP contribution in [-0.2, 0) is 9.53 Å². The quantitative estimate of drug-likeness (QED) is 0.910. The first-order chi connectivity index (χ1) is 12.1. The Morgan fingerprint density at radius 1 is 1.24 bits per heavy atom. The van der Waals surface area contributed by atoms with Gasteiger partial charge in [0.2, 0.25) is 0 Å². The highest BCUT2D eigenvalue weighted by atomic mass is 35.5. The van der Waals surface area contributed by atoms with E-state index in [0.29, 0.717) is 23.0 Å². The number of morpholine rings is 1. The Morgan fingerprint density at radius 3 is 2.80 bits per heavy atom. The van der Waals surface area contributed by atoms with Crippen molar-refractivity contribution in [3.63, 3.8) is 0 Å². The van der Waals surface area contributed by atoms with Gasteiger partial charge in [0, 0.05) is 17.3 Å². The molecule has 0 spiro atoms. The number of hydrogen-bond donors (Lipinski definition) is 1. The zero-order valence-corrected chi connectivity index (χ0v) is 14.1. The predicted octanol–water partition coefficient (Wildman–Crippen LogP) is 2.86. The Balaban J connectivity index is 1.55. The third kappa shape index (κ3) is 4.71. The number of carbonyl (C=O) groups excluding carboxylic acids is 2. The molecule has 1 fully saturated rings. The standard InChI is InChI=1S/C18H17ClN2O4/c19-13-5-4-6-14(9-13)21-11-16(24-12-17(21)22)10-20-18(23)25-15-7-2-1-3-8-15/h1-9,16H,10-12H2,(H,20,23). The second-order valence-electron chi connectivity index (χ2n) is 5.50. The van der Waals surface area contributed by atoms with Crippen molar-refractivity contribution in [2.45, 2.75) is 6.10 Å². The van der Waals surface area contributed by atoms with Crippen LogP contribution in [0, 0.1) is 0 Å². The van der Waals surface area contributed by atoms with Crippen LogP contribution in [0.2, 0.25) is 5.02 Å². The summed E-state index contributed by atoms with van der Waals surface area (Å²) < 4.78 is 10.6. The SMILES string of the molecule is O=C(NCC1CN(c2cccc(Cl)c2)C(=O)CO1)Oc1ccccc1. The summed E-state index contributed by atoms with van der Waals surface area (Å²) in [5.74, 6) is 0.311. The highest BCUT2D eigenvalue weighted by Gasteiger charge is 2.28. The maximum absolute atomic E-state index is 12.1. The molecule has 1 heterocycles. The van der Waals surface area contributed by atoms with E-state index in [-0.39, 0.29) is 25.2 Å². The van der Waals surface area contributed by atoms with Crippen molar-refractivity contribution in [1.29, 1.82) is 0 Å². The van der Waals surface area contributed by atoms with E-state index in [0.717, 1.165) is 0 Å². The number of carbonyl (C=O) groups is 2. The van der Waals surface area contributed by atoms with Crippen LogP contribution in [0.5, 0.6) is 5.75 Å². The summed E-state index contributed by atoms with van der Waals surface area (Å²) in [6.07, 6.45) is -0.902. The van der Waals surface area contributed by atoms with Crippen LogP contribution in [0.4, 0.5) is 10.5 Å². The minimum Gasteiger partial charge on any atom is -0.410 e. The Morgan fingerprint density at radius 2 is 2.04 bits per heavy atom. The van der Waals surface area contributed by atoms with Crippen molar-refractivity contribution in [1.82, 2.24) is 5.32 Å². The lowest BCUT2D eigenvalue weighted by atomic mass is 10.2. The number of nitrogens with zero attached hydrogens (tertiary/aromatic N) is 1. The molecule has 1 N–H and O–H groups in total. The molecule has 2 aromatic carbocycles. The minimum atomic E-state index is -0.569. The van der Waals surface area contributed by atoms with Gasteiger partial charge in [-0.1, -0.05) is 35.9 Å². The Hall–Kier alpha value is -2.57. The third-order valence-corrected chi connectivity index (χ3v) is 3.91. The molecule has 0 bridgehead atoms. The number of rotatable bonds is 4. The zero-order chi connectivity index (χ0) is 17.6. The van der Waals surface area contributed by atoms with Crippen molar-refractivity contribution in [3.8, 4) is 5.75 Å². The first kappa shape index (κ1) is 17.3. The Bertz CT molecular complexity index is 754. The second kappa shape index (κ2) is 8.00. The van der Waals surface area contributed by atoms with Crippen molar-refractivity contribution >= 4 is 29.3 Å². The molecular weight excluding hydrogens is 344 g/mol. The van der Waals surface area contributed by atoms with Gasteiger partial charge in [-0.05, 0) is 30.3 Å². The van der Waals surface area contributed by atoms with E-state index < -0.39 is 6.09 Å². The van der Waals surface area contributed by atoms with Crippen molar-refractivity contribution in [2.75, 3.05) is 24.6 Å². The minimum absolute atomic E-state index is 0.0490. The molecule has 1 saturated heterocycles. The third-order valence-electron chi connectivity index (χ3n) is 3.68. The second-order valence-corrected chi connectivity index (χ2v) is 5.94. The van der Waals surface area contributed by atoms with Gasteiger partial charge in [-0.3, -0.25) is 4.79 Å². The summed E-state index contributed by atoms with van der Waals surface area (Å²) in [5.41, 5.74) is 0.706. The summed E-state index contributed by atoms with van der Waals surface area (Å²) in [5, 5.41) is 3.20. The number of para-hydroxylation sites is 1. The number of amides is 2. The molecule has 2 amide bonds. The monoisotopic (exact) mass is 360 g/mol. The predicted molar refractivity (Wildman–Crippen MR) is 94.0 cm³/mol. The fourth-order valence-electron chi connectivity index (χ4n) is 2.47. The molecule has 6 nitrogen and oxygen atoms in total. The van der Waals surface area contributed by atoms with Crippen LogP contribution < -0.4 is 15.0 Å². The molecule has 1 aliphatic rings. The van der Waals surface area contributed by atoms with E-state index in [1.807, 2.05) is 12.1 Å². The molecule has 0 aliphatic carbocycles. The van der Waals surface area contributed by atoms with Crippen LogP contribution in [-0.4, -0.2) is 37.8 Å². The van der Waals surface area contributed by atoms with Gasteiger partial charge in [0.25, 0.3) is 5.91 Å². The number of benzene rings is 2. The molecular formula is C18H17ClN2O4. The van der Waals surface area contributed by atoms with Crippen LogP contribution in [0.1, 0.15) is 0 Å². The van der Waals surface area contributed by atoms with E-state index in [4.69, 9.17) is 21.1 Å². The average Bonchev–Trinajstić information content (AvgIpc) is 2.62. The van der Waals surface area contributed by atoms with Gasteiger partial charge in [0.15, 0.2) is 0 Å². The van der Waals surface area contributed by atoms with Crippen LogP contribution >= 0.6 is 11.6 Å². The van der Waals surface area contributed by atoms with Crippen LogP contribution in [0.3, 0.4) is 0 Å². The topological polar surface area (TPSA) is 67.9 Å². The molecule has 130 valence electrons. The van der Waals surface area contributed by atoms with Crippen LogP contribution in [0.15, 0.2) is 54.6 Å². The van der Waals surface area contributed by atoms with Gasteiger partial charge in [0.05, 0.1) is 12.6 Å². The maximum atomic E-state index is 12.1. The highest BCUT2D eigenvalue weighted by molar-refractivity contribution is 6.30. The van der Waals surface area contributed by atoms with Crippen molar-refractivity contribution < 1.29 is 19.1 Å². The summed E-state index contributed by atoms with van der Waals surface area (Å²) >= 11 is 5.99. The Labute approximate surface area is 150 Å².